The van der Waals surface area contributed by atoms with E-state index < -0.39 is 0 Å². The van der Waals surface area contributed by atoms with Crippen LogP contribution in [-0.4, -0.2) is 26.2 Å². The van der Waals surface area contributed by atoms with E-state index in [2.05, 4.69) is 36.9 Å². The van der Waals surface area contributed by atoms with Crippen LogP contribution < -0.4 is 4.90 Å². The van der Waals surface area contributed by atoms with Gasteiger partial charge in [0, 0.05) is 18.8 Å². The molecular weight excluding hydrogens is 238 g/mol. The average molecular weight is 261 g/mol. The van der Waals surface area contributed by atoms with Gasteiger partial charge < -0.3 is 9.64 Å². The summed E-state index contributed by atoms with van der Waals surface area (Å²) in [5, 5.41) is 0. The number of nitrogens with zero attached hydrogens (tertiary/aromatic N) is 1. The van der Waals surface area contributed by atoms with E-state index >= 15 is 0 Å². The van der Waals surface area contributed by atoms with E-state index in [0.29, 0.717) is 0 Å². The first-order valence-corrected chi connectivity index (χ1v) is 7.08. The maximum absolute atomic E-state index is 11.6. The Morgan fingerprint density at radius 1 is 1.37 bits per heavy atom. The monoisotopic (exact) mass is 261 g/mol. The lowest BCUT2D eigenvalue weighted by Gasteiger charge is -2.34. The molecule has 3 nitrogen and oxygen atoms in total. The first kappa shape index (κ1) is 13.9. The largest absolute Gasteiger partial charge is 0.469 e. The minimum atomic E-state index is -0.0554. The second-order valence-corrected chi connectivity index (χ2v) is 5.22. The van der Waals surface area contributed by atoms with Crippen molar-refractivity contribution >= 4 is 11.7 Å². The highest BCUT2D eigenvalue weighted by Crippen LogP contribution is 2.30. The Labute approximate surface area is 115 Å². The smallest absolute Gasteiger partial charge is 0.308 e. The van der Waals surface area contributed by atoms with Crippen LogP contribution in [0.15, 0.2) is 18.2 Å². The van der Waals surface area contributed by atoms with E-state index in [1.807, 2.05) is 0 Å². The van der Waals surface area contributed by atoms with Crippen LogP contribution >= 0.6 is 0 Å². The molecule has 0 unspecified atom stereocenters. The summed E-state index contributed by atoms with van der Waals surface area (Å²) in [6.45, 7) is 6.25. The molecule has 0 N–H and O–H groups in total. The molecule has 19 heavy (non-hydrogen) atoms. The van der Waals surface area contributed by atoms with Gasteiger partial charge in [0.2, 0.25) is 0 Å². The Morgan fingerprint density at radius 2 is 2.05 bits per heavy atom. The van der Waals surface area contributed by atoms with Gasteiger partial charge in [-0.05, 0) is 37.3 Å². The van der Waals surface area contributed by atoms with Crippen LogP contribution in [0.4, 0.5) is 5.69 Å². The fraction of sp³-hybridized carbons (Fsp3) is 0.562. The van der Waals surface area contributed by atoms with Gasteiger partial charge in [-0.2, -0.15) is 0 Å². The van der Waals surface area contributed by atoms with Gasteiger partial charge in [0.25, 0.3) is 0 Å². The van der Waals surface area contributed by atoms with Crippen LogP contribution in [0.2, 0.25) is 0 Å². The van der Waals surface area contributed by atoms with Crippen molar-refractivity contribution in [3.63, 3.8) is 0 Å². The van der Waals surface area contributed by atoms with Crippen LogP contribution in [0.1, 0.15) is 30.9 Å². The fourth-order valence-electron chi connectivity index (χ4n) is 2.96. The summed E-state index contributed by atoms with van der Waals surface area (Å²) < 4.78 is 4.84. The van der Waals surface area contributed by atoms with Crippen LogP contribution in [-0.2, 0) is 16.0 Å². The predicted molar refractivity (Wildman–Crippen MR) is 77.5 cm³/mol. The fourth-order valence-corrected chi connectivity index (χ4v) is 2.96. The number of anilines is 1. The molecule has 0 saturated carbocycles. The summed E-state index contributed by atoms with van der Waals surface area (Å²) >= 11 is 0. The number of ether oxygens (including phenoxy) is 1. The normalized spacial score (nSPS) is 16.5. The zero-order chi connectivity index (χ0) is 13.8. The van der Waals surface area contributed by atoms with E-state index in [1.54, 1.807) is 0 Å². The minimum absolute atomic E-state index is 0.0554. The number of methoxy groups -OCH3 is 1. The topological polar surface area (TPSA) is 29.5 Å². The molecule has 1 fully saturated rings. The van der Waals surface area contributed by atoms with E-state index in [0.717, 1.165) is 32.4 Å². The molecule has 0 atom stereocenters. The zero-order valence-electron chi connectivity index (χ0n) is 12.1. The molecule has 1 aliphatic heterocycles. The summed E-state index contributed by atoms with van der Waals surface area (Å²) in [7, 11) is 1.48. The van der Waals surface area contributed by atoms with E-state index in [4.69, 9.17) is 4.74 Å². The highest BCUT2D eigenvalue weighted by Gasteiger charge is 2.26. The number of hydrogen-bond donors (Lipinski definition) is 0. The summed E-state index contributed by atoms with van der Waals surface area (Å²) in [5.41, 5.74) is 4.10. The molecule has 0 aromatic heterocycles. The van der Waals surface area contributed by atoms with Gasteiger partial charge in [-0.3, -0.25) is 4.79 Å². The van der Waals surface area contributed by atoms with Crippen LogP contribution in [0.5, 0.6) is 0 Å². The summed E-state index contributed by atoms with van der Waals surface area (Å²) in [5.74, 6) is 0.0236. The molecule has 1 aromatic rings. The number of esters is 1. The maximum atomic E-state index is 11.6. The quantitative estimate of drug-likeness (QED) is 0.783. The van der Waals surface area contributed by atoms with Gasteiger partial charge in [-0.25, -0.2) is 0 Å². The number of benzene rings is 1. The maximum Gasteiger partial charge on any atom is 0.308 e. The molecule has 0 spiro atoms. The molecule has 104 valence electrons. The number of rotatable bonds is 3. The molecule has 0 radical (unpaired) electrons. The van der Waals surface area contributed by atoms with Crippen LogP contribution in [0.25, 0.3) is 0 Å². The van der Waals surface area contributed by atoms with Crippen molar-refractivity contribution < 1.29 is 9.53 Å². The molecule has 0 aliphatic carbocycles. The third-order valence-electron chi connectivity index (χ3n) is 4.05. The van der Waals surface area contributed by atoms with E-state index in [9.17, 15) is 4.79 Å². The predicted octanol–water partition coefficient (Wildman–Crippen LogP) is 2.95. The number of carbonyl (C=O) groups is 1. The third-order valence-corrected chi connectivity index (χ3v) is 4.05. The Bertz CT molecular complexity index is 448. The second-order valence-electron chi connectivity index (χ2n) is 5.22. The summed E-state index contributed by atoms with van der Waals surface area (Å²) in [6.07, 6.45) is 2.84. The van der Waals surface area contributed by atoms with Crippen molar-refractivity contribution in [3.05, 3.63) is 29.3 Å². The highest BCUT2D eigenvalue weighted by atomic mass is 16.5. The lowest BCUT2D eigenvalue weighted by molar-refractivity contribution is -0.146. The van der Waals surface area contributed by atoms with Crippen molar-refractivity contribution in [1.82, 2.24) is 0 Å². The number of para-hydroxylation sites is 1. The van der Waals surface area contributed by atoms with Crippen molar-refractivity contribution in [2.24, 2.45) is 5.92 Å². The molecule has 2 rings (SSSR count). The number of piperidine rings is 1. The van der Waals surface area contributed by atoms with Crippen molar-refractivity contribution in [1.29, 1.82) is 0 Å². The van der Waals surface area contributed by atoms with Gasteiger partial charge in [-0.1, -0.05) is 25.1 Å². The summed E-state index contributed by atoms with van der Waals surface area (Å²) in [6, 6.07) is 6.49. The number of carbonyl (C=O) groups excluding carboxylic acids is 1. The summed E-state index contributed by atoms with van der Waals surface area (Å²) in [4.78, 5) is 14.0. The number of aryl methyl sites for hydroxylation is 2. The zero-order valence-corrected chi connectivity index (χ0v) is 12.1. The molecule has 3 heteroatoms. The standard InChI is InChI=1S/C16H23NO2/c1-4-13-7-5-6-12(2)15(13)17-10-8-14(9-11-17)16(18)19-3/h5-7,14H,4,8-11H2,1-3H3. The number of hydrogen-bond acceptors (Lipinski definition) is 3. The first-order chi connectivity index (χ1) is 9.17. The van der Waals surface area contributed by atoms with Gasteiger partial charge >= 0.3 is 5.97 Å². The Kier molecular flexibility index (Phi) is 4.46. The Morgan fingerprint density at radius 3 is 2.63 bits per heavy atom. The van der Waals surface area contributed by atoms with E-state index in [1.165, 1.54) is 23.9 Å². The van der Waals surface area contributed by atoms with E-state index in [-0.39, 0.29) is 11.9 Å². The molecule has 0 amide bonds. The molecule has 1 heterocycles. The van der Waals surface area contributed by atoms with Crippen LogP contribution in [0.3, 0.4) is 0 Å². The molecule has 1 aromatic carbocycles. The lowest BCUT2D eigenvalue weighted by Crippen LogP contribution is -2.37. The van der Waals surface area contributed by atoms with Crippen molar-refractivity contribution in [2.75, 3.05) is 25.1 Å². The Hall–Kier alpha value is -1.51. The molecule has 1 aliphatic rings. The van der Waals surface area contributed by atoms with Crippen molar-refractivity contribution in [3.8, 4) is 0 Å². The second kappa shape index (κ2) is 6.09. The van der Waals surface area contributed by atoms with Gasteiger partial charge in [-0.15, -0.1) is 0 Å². The highest BCUT2D eigenvalue weighted by molar-refractivity contribution is 5.73. The Balaban J connectivity index is 2.12. The van der Waals surface area contributed by atoms with Crippen LogP contribution in [0, 0.1) is 12.8 Å². The SMILES string of the molecule is CCc1cccc(C)c1N1CCC(C(=O)OC)CC1. The first-order valence-electron chi connectivity index (χ1n) is 7.08. The van der Waals surface area contributed by atoms with Crippen molar-refractivity contribution in [2.45, 2.75) is 33.1 Å². The minimum Gasteiger partial charge on any atom is -0.469 e. The molecule has 0 bridgehead atoms. The van der Waals surface area contributed by atoms with Gasteiger partial charge in [0.15, 0.2) is 0 Å². The average Bonchev–Trinajstić information content (AvgIpc) is 2.46. The molecular formula is C16H23NO2. The van der Waals surface area contributed by atoms with Gasteiger partial charge in [0.1, 0.15) is 0 Å². The molecule has 1 saturated heterocycles. The van der Waals surface area contributed by atoms with Gasteiger partial charge in [0.05, 0.1) is 13.0 Å². The third kappa shape index (κ3) is 2.91. The lowest BCUT2D eigenvalue weighted by atomic mass is 9.95.